The highest BCUT2D eigenvalue weighted by Crippen LogP contribution is 2.41. The predicted octanol–water partition coefficient (Wildman–Crippen LogP) is 4.67. The van der Waals surface area contributed by atoms with Crippen LogP contribution >= 0.6 is 0 Å². The summed E-state index contributed by atoms with van der Waals surface area (Å²) in [5.74, 6) is 0. The number of pyridine rings is 1. The molecule has 1 aromatic heterocycles. The Bertz CT molecular complexity index is 1030. The van der Waals surface area contributed by atoms with Crippen LogP contribution in [0.1, 0.15) is 31.9 Å². The molecule has 23 heavy (non-hydrogen) atoms. The molecule has 0 atom stereocenters. The van der Waals surface area contributed by atoms with Gasteiger partial charge in [-0.1, -0.05) is 30.3 Å². The average Bonchev–Trinajstić information content (AvgIpc) is 2.95. The molecule has 0 saturated heterocycles. The minimum absolute atomic E-state index is 0.410. The van der Waals surface area contributed by atoms with E-state index in [0.717, 1.165) is 23.2 Å². The molecule has 0 unspecified atom stereocenters. The number of benzene rings is 2. The molecule has 1 heterocycles. The van der Waals surface area contributed by atoms with E-state index < -0.39 is 6.85 Å². The maximum Gasteiger partial charge on any atom is 0.212 e. The lowest BCUT2D eigenvalue weighted by Gasteiger charge is -2.12. The molecule has 4 rings (SSSR count). The molecule has 0 N–H and O–H groups in total. The molecule has 0 fully saturated rings. The van der Waals surface area contributed by atoms with Crippen LogP contribution in [0.3, 0.4) is 0 Å². The van der Waals surface area contributed by atoms with Gasteiger partial charge < -0.3 is 0 Å². The van der Waals surface area contributed by atoms with Crippen molar-refractivity contribution in [3.8, 4) is 22.4 Å². The number of hydrogen-bond acceptors (Lipinski definition) is 0. The van der Waals surface area contributed by atoms with Crippen molar-refractivity contribution in [1.82, 2.24) is 0 Å². The van der Waals surface area contributed by atoms with Crippen molar-refractivity contribution in [1.29, 1.82) is 0 Å². The highest BCUT2D eigenvalue weighted by atomic mass is 14.9. The topological polar surface area (TPSA) is 3.88 Å². The van der Waals surface area contributed by atoms with Gasteiger partial charge in [-0.05, 0) is 66.6 Å². The lowest BCUT2D eigenvalue weighted by Crippen LogP contribution is -2.31. The molecule has 0 bridgehead atoms. The molecule has 0 spiro atoms. The molecular weight excluding hydrogens is 278 g/mol. The van der Waals surface area contributed by atoms with Crippen LogP contribution in [-0.4, -0.2) is 0 Å². The molecule has 1 aliphatic rings. The number of nitrogens with zero attached hydrogens (tertiary/aromatic N) is 1. The van der Waals surface area contributed by atoms with Gasteiger partial charge in [0.1, 0.15) is 7.05 Å². The van der Waals surface area contributed by atoms with Crippen molar-refractivity contribution >= 4 is 0 Å². The molecule has 1 aliphatic carbocycles. The quantitative estimate of drug-likeness (QED) is 0.450. The molecule has 0 radical (unpaired) electrons. The van der Waals surface area contributed by atoms with E-state index >= 15 is 0 Å². The van der Waals surface area contributed by atoms with Crippen LogP contribution in [0.5, 0.6) is 0 Å². The van der Waals surface area contributed by atoms with E-state index in [4.69, 9.17) is 4.11 Å². The molecule has 114 valence electrons. The molecule has 0 aliphatic heterocycles. The lowest BCUT2D eigenvalue weighted by molar-refractivity contribution is -0.660. The third-order valence-corrected chi connectivity index (χ3v) is 4.98. The van der Waals surface area contributed by atoms with Gasteiger partial charge in [0.05, 0.1) is 0 Å². The van der Waals surface area contributed by atoms with Gasteiger partial charge in [-0.2, -0.15) is 0 Å². The summed E-state index contributed by atoms with van der Waals surface area (Å²) in [4.78, 5) is 0. The van der Waals surface area contributed by atoms with Gasteiger partial charge in [-0.3, -0.25) is 0 Å². The Kier molecular flexibility index (Phi) is 2.46. The average molecular weight is 303 g/mol. The summed E-state index contributed by atoms with van der Waals surface area (Å²) in [7, 11) is 1.92. The molecule has 0 saturated carbocycles. The van der Waals surface area contributed by atoms with Crippen molar-refractivity contribution in [3.63, 3.8) is 0 Å². The molecular formula is C22H22N+. The zero-order valence-electron chi connectivity index (χ0n) is 16.8. The van der Waals surface area contributed by atoms with Crippen molar-refractivity contribution < 1.29 is 8.68 Å². The van der Waals surface area contributed by atoms with Crippen LogP contribution in [0, 0.1) is 20.7 Å². The van der Waals surface area contributed by atoms with E-state index in [1.54, 1.807) is 6.20 Å². The van der Waals surface area contributed by atoms with Gasteiger partial charge in [0, 0.05) is 21.3 Å². The van der Waals surface area contributed by atoms with Crippen LogP contribution in [0.2, 0.25) is 0 Å². The molecule has 0 amide bonds. The van der Waals surface area contributed by atoms with E-state index in [1.807, 2.05) is 24.6 Å². The molecule has 1 nitrogen and oxygen atoms in total. The summed E-state index contributed by atoms with van der Waals surface area (Å²) in [5.41, 5.74) is 10.1. The highest BCUT2D eigenvalue weighted by molar-refractivity contribution is 5.84. The summed E-state index contributed by atoms with van der Waals surface area (Å²) in [5, 5.41) is 0. The summed E-state index contributed by atoms with van der Waals surface area (Å²) in [6, 6.07) is 15.0. The van der Waals surface area contributed by atoms with Crippen molar-refractivity contribution in [2.45, 2.75) is 27.1 Å². The third kappa shape index (κ3) is 2.11. The second kappa shape index (κ2) is 5.06. The van der Waals surface area contributed by atoms with Crippen LogP contribution in [0.15, 0.2) is 48.7 Å². The Morgan fingerprint density at radius 1 is 0.957 bits per heavy atom. The Morgan fingerprint density at radius 3 is 2.61 bits per heavy atom. The summed E-state index contributed by atoms with van der Waals surface area (Å²) in [6.07, 6.45) is 2.73. The summed E-state index contributed by atoms with van der Waals surface area (Å²) >= 11 is 0. The fourth-order valence-electron chi connectivity index (χ4n) is 3.71. The zero-order valence-corrected chi connectivity index (χ0v) is 13.8. The minimum Gasteiger partial charge on any atom is -0.201 e. The SMILES string of the molecule is [2H]C([2H])([2H])c1c[n+](C)c(-c2ccc3c(c2C)-c2ccccc2C3)cc1C. The van der Waals surface area contributed by atoms with Gasteiger partial charge in [0.25, 0.3) is 0 Å². The van der Waals surface area contributed by atoms with E-state index in [-0.39, 0.29) is 0 Å². The lowest BCUT2D eigenvalue weighted by atomic mass is 9.93. The number of aromatic nitrogens is 1. The summed E-state index contributed by atoms with van der Waals surface area (Å²) in [6.45, 7) is 1.96. The van der Waals surface area contributed by atoms with Crippen molar-refractivity contribution in [2.75, 3.05) is 0 Å². The Hall–Kier alpha value is -2.41. The van der Waals surface area contributed by atoms with E-state index in [1.165, 1.54) is 27.8 Å². The maximum atomic E-state index is 7.73. The Balaban J connectivity index is 1.91. The van der Waals surface area contributed by atoms with Crippen molar-refractivity contribution in [3.05, 3.63) is 76.5 Å². The monoisotopic (exact) mass is 303 g/mol. The second-order valence-electron chi connectivity index (χ2n) is 6.47. The molecule has 3 aromatic rings. The van der Waals surface area contributed by atoms with Gasteiger partial charge in [-0.25, -0.2) is 4.57 Å². The normalized spacial score (nSPS) is 14.7. The molecule has 1 heteroatoms. The first-order chi connectivity index (χ1) is 12.3. The van der Waals surface area contributed by atoms with Gasteiger partial charge in [0.2, 0.25) is 5.69 Å². The number of hydrogen-bond donors (Lipinski definition) is 0. The van der Waals surface area contributed by atoms with Crippen LogP contribution in [0.4, 0.5) is 0 Å². The largest absolute Gasteiger partial charge is 0.212 e. The van der Waals surface area contributed by atoms with E-state index in [9.17, 15) is 0 Å². The first kappa shape index (κ1) is 11.2. The number of rotatable bonds is 1. The van der Waals surface area contributed by atoms with E-state index in [0.29, 0.717) is 5.56 Å². The minimum atomic E-state index is -2.09. The van der Waals surface area contributed by atoms with Crippen molar-refractivity contribution in [2.24, 2.45) is 7.05 Å². The predicted molar refractivity (Wildman–Crippen MR) is 95.5 cm³/mol. The summed E-state index contributed by atoms with van der Waals surface area (Å²) < 4.78 is 25.1. The fraction of sp³-hybridized carbons (Fsp3) is 0.227. The first-order valence-electron chi connectivity index (χ1n) is 9.49. The third-order valence-electron chi connectivity index (χ3n) is 4.98. The van der Waals surface area contributed by atoms with Crippen LogP contribution < -0.4 is 4.57 Å². The smallest absolute Gasteiger partial charge is 0.201 e. The molecule has 2 aromatic carbocycles. The zero-order chi connectivity index (χ0) is 18.6. The highest BCUT2D eigenvalue weighted by Gasteiger charge is 2.24. The van der Waals surface area contributed by atoms with E-state index in [2.05, 4.69) is 43.3 Å². The standard InChI is InChI=1S/C22H22N/c1-14-11-21(23(4)13-15(14)2)19-10-9-18-12-17-7-5-6-8-20(17)22(18)16(19)3/h5-11,13H,12H2,1-4H3/q+1/i2D3. The van der Waals surface area contributed by atoms with Crippen LogP contribution in [0.25, 0.3) is 22.4 Å². The van der Waals surface area contributed by atoms with Gasteiger partial charge in [-0.15, -0.1) is 0 Å². The fourth-order valence-corrected chi connectivity index (χ4v) is 3.71. The maximum absolute atomic E-state index is 7.73. The number of aryl methyl sites for hydroxylation is 3. The Labute approximate surface area is 142 Å². The van der Waals surface area contributed by atoms with Crippen LogP contribution in [-0.2, 0) is 13.5 Å². The second-order valence-corrected chi connectivity index (χ2v) is 6.47. The van der Waals surface area contributed by atoms with Gasteiger partial charge in [0.15, 0.2) is 6.20 Å². The number of fused-ring (bicyclic) bond motifs is 3. The first-order valence-corrected chi connectivity index (χ1v) is 7.99. The van der Waals surface area contributed by atoms with Gasteiger partial charge >= 0.3 is 0 Å². The Morgan fingerprint density at radius 2 is 1.78 bits per heavy atom.